The lowest BCUT2D eigenvalue weighted by Crippen LogP contribution is -2.51. The van der Waals surface area contributed by atoms with Crippen molar-refractivity contribution in [1.29, 1.82) is 0 Å². The van der Waals surface area contributed by atoms with Crippen LogP contribution in [0.3, 0.4) is 0 Å². The fourth-order valence-electron chi connectivity index (χ4n) is 3.47. The van der Waals surface area contributed by atoms with E-state index in [0.29, 0.717) is 6.04 Å². The van der Waals surface area contributed by atoms with Gasteiger partial charge in [0, 0.05) is 6.04 Å². The Labute approximate surface area is 116 Å². The van der Waals surface area contributed by atoms with E-state index < -0.39 is 0 Å². The molecule has 0 saturated heterocycles. The van der Waals surface area contributed by atoms with Crippen LogP contribution in [-0.2, 0) is 0 Å². The lowest BCUT2D eigenvalue weighted by molar-refractivity contribution is 0.0936. The Morgan fingerprint density at radius 1 is 1.11 bits per heavy atom. The molecule has 0 bridgehead atoms. The summed E-state index contributed by atoms with van der Waals surface area (Å²) in [5.74, 6) is 0.763. The Hall–Kier alpha value is -0.770. The van der Waals surface area contributed by atoms with Crippen LogP contribution in [0, 0.1) is 5.92 Å². The average molecular weight is 268 g/mol. The molecule has 2 fully saturated rings. The molecule has 0 aliphatic heterocycles. The third kappa shape index (κ3) is 4.37. The van der Waals surface area contributed by atoms with Gasteiger partial charge in [-0.25, -0.2) is 4.79 Å². The standard InChI is InChI=1S/C15H28N2O2/c1-2-11-6-5-7-12(10-11)16-15(19)17-13-8-3-4-9-14(13)18/h11-14,18H,2-10H2,1H3,(H2,16,17,19). The quantitative estimate of drug-likeness (QED) is 0.736. The van der Waals surface area contributed by atoms with Gasteiger partial charge < -0.3 is 15.7 Å². The van der Waals surface area contributed by atoms with E-state index in [0.717, 1.165) is 44.4 Å². The highest BCUT2D eigenvalue weighted by Crippen LogP contribution is 2.26. The van der Waals surface area contributed by atoms with Crippen molar-refractivity contribution in [2.45, 2.75) is 82.9 Å². The van der Waals surface area contributed by atoms with Crippen LogP contribution in [0.5, 0.6) is 0 Å². The topological polar surface area (TPSA) is 61.4 Å². The largest absolute Gasteiger partial charge is 0.391 e. The Bertz CT molecular complexity index is 296. The number of nitrogens with one attached hydrogen (secondary N) is 2. The number of aliphatic hydroxyl groups excluding tert-OH is 1. The van der Waals surface area contributed by atoms with Crippen molar-refractivity contribution in [3.63, 3.8) is 0 Å². The molecule has 4 nitrogen and oxygen atoms in total. The van der Waals surface area contributed by atoms with Gasteiger partial charge >= 0.3 is 6.03 Å². The molecule has 110 valence electrons. The zero-order chi connectivity index (χ0) is 13.7. The molecule has 2 saturated carbocycles. The van der Waals surface area contributed by atoms with E-state index in [-0.39, 0.29) is 18.2 Å². The molecular weight excluding hydrogens is 240 g/mol. The summed E-state index contributed by atoms with van der Waals surface area (Å²) in [6, 6.07) is 0.173. The van der Waals surface area contributed by atoms with Gasteiger partial charge in [0.25, 0.3) is 0 Å². The molecule has 4 heteroatoms. The van der Waals surface area contributed by atoms with Crippen LogP contribution in [0.15, 0.2) is 0 Å². The fraction of sp³-hybridized carbons (Fsp3) is 0.933. The Morgan fingerprint density at radius 3 is 2.63 bits per heavy atom. The van der Waals surface area contributed by atoms with Crippen molar-refractivity contribution in [2.24, 2.45) is 5.92 Å². The van der Waals surface area contributed by atoms with Crippen LogP contribution in [-0.4, -0.2) is 29.3 Å². The third-order valence-electron chi connectivity index (χ3n) is 4.74. The average Bonchev–Trinajstić information content (AvgIpc) is 2.41. The fourth-order valence-corrected chi connectivity index (χ4v) is 3.47. The minimum Gasteiger partial charge on any atom is -0.391 e. The molecule has 19 heavy (non-hydrogen) atoms. The highest BCUT2D eigenvalue weighted by molar-refractivity contribution is 5.74. The number of carbonyl (C=O) groups excluding carboxylic acids is 1. The molecule has 2 aliphatic carbocycles. The normalized spacial score (nSPS) is 35.7. The molecule has 0 aromatic heterocycles. The number of carbonyl (C=O) groups is 1. The van der Waals surface area contributed by atoms with Gasteiger partial charge in [0.05, 0.1) is 12.1 Å². The van der Waals surface area contributed by atoms with Crippen molar-refractivity contribution in [1.82, 2.24) is 10.6 Å². The summed E-state index contributed by atoms with van der Waals surface area (Å²) in [6.07, 6.45) is 9.45. The lowest BCUT2D eigenvalue weighted by Gasteiger charge is -2.32. The lowest BCUT2D eigenvalue weighted by atomic mass is 9.84. The number of hydrogen-bond donors (Lipinski definition) is 3. The molecule has 0 aromatic rings. The zero-order valence-corrected chi connectivity index (χ0v) is 12.0. The number of rotatable bonds is 3. The van der Waals surface area contributed by atoms with Crippen molar-refractivity contribution >= 4 is 6.03 Å². The second kappa shape index (κ2) is 7.13. The summed E-state index contributed by atoms with van der Waals surface area (Å²) >= 11 is 0. The monoisotopic (exact) mass is 268 g/mol. The molecule has 0 heterocycles. The van der Waals surface area contributed by atoms with Crippen molar-refractivity contribution in [3.05, 3.63) is 0 Å². The van der Waals surface area contributed by atoms with Crippen molar-refractivity contribution in [2.75, 3.05) is 0 Å². The molecular formula is C15H28N2O2. The van der Waals surface area contributed by atoms with Crippen LogP contribution >= 0.6 is 0 Å². The van der Waals surface area contributed by atoms with Gasteiger partial charge in [0.2, 0.25) is 0 Å². The van der Waals surface area contributed by atoms with Crippen LogP contribution in [0.25, 0.3) is 0 Å². The predicted molar refractivity (Wildman–Crippen MR) is 76.0 cm³/mol. The van der Waals surface area contributed by atoms with E-state index >= 15 is 0 Å². The van der Waals surface area contributed by atoms with Gasteiger partial charge in [-0.3, -0.25) is 0 Å². The minimum atomic E-state index is -0.366. The highest BCUT2D eigenvalue weighted by atomic mass is 16.3. The summed E-state index contributed by atoms with van der Waals surface area (Å²) in [5.41, 5.74) is 0. The maximum Gasteiger partial charge on any atom is 0.315 e. The Kier molecular flexibility index (Phi) is 5.49. The molecule has 0 radical (unpaired) electrons. The van der Waals surface area contributed by atoms with E-state index in [9.17, 15) is 9.90 Å². The van der Waals surface area contributed by atoms with Gasteiger partial charge in [-0.2, -0.15) is 0 Å². The molecule has 2 aliphatic rings. The number of aliphatic hydroxyl groups is 1. The van der Waals surface area contributed by atoms with E-state index in [1.54, 1.807) is 0 Å². The molecule has 2 amide bonds. The summed E-state index contributed by atoms with van der Waals surface area (Å²) in [7, 11) is 0. The molecule has 3 N–H and O–H groups in total. The summed E-state index contributed by atoms with van der Waals surface area (Å²) in [6.45, 7) is 2.23. The second-order valence-electron chi connectivity index (χ2n) is 6.21. The van der Waals surface area contributed by atoms with Gasteiger partial charge in [0.1, 0.15) is 0 Å². The predicted octanol–water partition coefficient (Wildman–Crippen LogP) is 2.56. The highest BCUT2D eigenvalue weighted by Gasteiger charge is 2.26. The first-order valence-corrected chi connectivity index (χ1v) is 7.94. The number of amides is 2. The molecule has 0 aromatic carbocycles. The van der Waals surface area contributed by atoms with Crippen LogP contribution in [0.4, 0.5) is 4.79 Å². The maximum absolute atomic E-state index is 12.0. The molecule has 4 unspecified atom stereocenters. The van der Waals surface area contributed by atoms with Crippen molar-refractivity contribution < 1.29 is 9.90 Å². The first-order chi connectivity index (χ1) is 9.19. The van der Waals surface area contributed by atoms with E-state index in [1.165, 1.54) is 19.3 Å². The van der Waals surface area contributed by atoms with E-state index in [1.807, 2.05) is 0 Å². The van der Waals surface area contributed by atoms with Crippen molar-refractivity contribution in [3.8, 4) is 0 Å². The van der Waals surface area contributed by atoms with Crippen LogP contribution in [0.2, 0.25) is 0 Å². The van der Waals surface area contributed by atoms with Crippen LogP contribution in [0.1, 0.15) is 64.7 Å². The molecule has 0 spiro atoms. The summed E-state index contributed by atoms with van der Waals surface area (Å²) in [4.78, 5) is 12.0. The number of urea groups is 1. The molecule has 4 atom stereocenters. The number of hydrogen-bond acceptors (Lipinski definition) is 2. The first kappa shape index (κ1) is 14.6. The van der Waals surface area contributed by atoms with Gasteiger partial charge in [-0.05, 0) is 31.6 Å². The Morgan fingerprint density at radius 2 is 1.89 bits per heavy atom. The van der Waals surface area contributed by atoms with Gasteiger partial charge in [-0.15, -0.1) is 0 Å². The van der Waals surface area contributed by atoms with Crippen LogP contribution < -0.4 is 10.6 Å². The van der Waals surface area contributed by atoms with E-state index in [4.69, 9.17) is 0 Å². The minimum absolute atomic E-state index is 0.0562. The third-order valence-corrected chi connectivity index (χ3v) is 4.74. The van der Waals surface area contributed by atoms with Gasteiger partial charge in [-0.1, -0.05) is 39.0 Å². The van der Waals surface area contributed by atoms with E-state index in [2.05, 4.69) is 17.6 Å². The zero-order valence-electron chi connectivity index (χ0n) is 12.0. The SMILES string of the molecule is CCC1CCCC(NC(=O)NC2CCCCC2O)C1. The van der Waals surface area contributed by atoms with Gasteiger partial charge in [0.15, 0.2) is 0 Å². The first-order valence-electron chi connectivity index (χ1n) is 7.94. The molecule has 2 rings (SSSR count). The Balaban J connectivity index is 1.74. The smallest absolute Gasteiger partial charge is 0.315 e. The second-order valence-corrected chi connectivity index (χ2v) is 6.21. The summed E-state index contributed by atoms with van der Waals surface area (Å²) < 4.78 is 0. The maximum atomic E-state index is 12.0. The summed E-state index contributed by atoms with van der Waals surface area (Å²) in [5, 5.41) is 15.9.